The number of hydrogen-bond donors (Lipinski definition) is 0. The number of rotatable bonds is 3. The molecule has 0 aliphatic carbocycles. The average Bonchev–Trinajstić information content (AvgIpc) is 3.15. The zero-order valence-corrected chi connectivity index (χ0v) is 19.2. The van der Waals surface area contributed by atoms with E-state index in [0.29, 0.717) is 5.56 Å². The van der Waals surface area contributed by atoms with Crippen LogP contribution in [0.25, 0.3) is 6.08 Å². The van der Waals surface area contributed by atoms with Crippen molar-refractivity contribution < 1.29 is 4.79 Å². The van der Waals surface area contributed by atoms with Gasteiger partial charge in [0.1, 0.15) is 12.1 Å². The summed E-state index contributed by atoms with van der Waals surface area (Å²) >= 11 is 2.23. The Morgan fingerprint density at radius 3 is 2.38 bits per heavy atom. The van der Waals surface area contributed by atoms with Gasteiger partial charge in [-0.2, -0.15) is 10.5 Å². The molecule has 32 heavy (non-hydrogen) atoms. The van der Waals surface area contributed by atoms with Crippen LogP contribution in [0, 0.1) is 32.2 Å². The van der Waals surface area contributed by atoms with Gasteiger partial charge >= 0.3 is 0 Å². The normalized spacial score (nSPS) is 22.3. The minimum atomic E-state index is -1.51. The molecular formula is C27H18IN3O. The van der Waals surface area contributed by atoms with E-state index >= 15 is 0 Å². The predicted molar refractivity (Wildman–Crippen MR) is 130 cm³/mol. The number of fused-ring (bicyclic) bond motifs is 3. The standard InChI is InChI=1S/C27H18IN3O/c28-21-11-6-10-20(15-21)24-23(26(32)19-8-2-1-3-9-19)25-22-12-5-4-7-18(22)13-14-31(25)27(24,16-29)17-30/h1-15,23-25H/t23-,24-,25+/m0/s1. The van der Waals surface area contributed by atoms with Crippen LogP contribution >= 0.6 is 22.6 Å². The second-order valence-electron chi connectivity index (χ2n) is 8.08. The van der Waals surface area contributed by atoms with E-state index in [2.05, 4.69) is 34.7 Å². The molecule has 2 aliphatic rings. The summed E-state index contributed by atoms with van der Waals surface area (Å²) in [6.07, 6.45) is 3.75. The molecule has 0 spiro atoms. The maximum atomic E-state index is 14.0. The van der Waals surface area contributed by atoms with Crippen LogP contribution in [-0.2, 0) is 0 Å². The van der Waals surface area contributed by atoms with Gasteiger partial charge in [-0.3, -0.25) is 4.79 Å². The lowest BCUT2D eigenvalue weighted by atomic mass is 9.72. The number of hydrogen-bond acceptors (Lipinski definition) is 4. The van der Waals surface area contributed by atoms with Crippen LogP contribution in [0.1, 0.15) is 39.0 Å². The maximum absolute atomic E-state index is 14.0. The van der Waals surface area contributed by atoms with Crippen molar-refractivity contribution in [3.8, 4) is 12.1 Å². The smallest absolute Gasteiger partial charge is 0.222 e. The number of Topliss-reactive ketones (excluding diaryl/α,β-unsaturated/α-hetero) is 1. The SMILES string of the molecule is N#CC1(C#N)[C@@H](c2cccc(I)c2)[C@H](C(=O)c2ccccc2)[C@H]2c3ccccc3C=CN21. The van der Waals surface area contributed by atoms with Crippen molar-refractivity contribution in [3.05, 3.63) is 111 Å². The summed E-state index contributed by atoms with van der Waals surface area (Å²) < 4.78 is 0.997. The largest absolute Gasteiger partial charge is 0.340 e. The molecule has 0 saturated carbocycles. The lowest BCUT2D eigenvalue weighted by Crippen LogP contribution is -2.43. The molecular weight excluding hydrogens is 509 g/mol. The van der Waals surface area contributed by atoms with Crippen molar-refractivity contribution in [1.29, 1.82) is 10.5 Å². The highest BCUT2D eigenvalue weighted by Gasteiger charge is 2.63. The van der Waals surface area contributed by atoms with Crippen molar-refractivity contribution in [3.63, 3.8) is 0 Å². The van der Waals surface area contributed by atoms with Gasteiger partial charge in [0.2, 0.25) is 5.54 Å². The van der Waals surface area contributed by atoms with Crippen molar-refractivity contribution in [2.75, 3.05) is 0 Å². The third-order valence-corrected chi connectivity index (χ3v) is 7.17. The Kier molecular flexibility index (Phi) is 5.07. The fourth-order valence-electron chi connectivity index (χ4n) is 5.16. The highest BCUT2D eigenvalue weighted by molar-refractivity contribution is 14.1. The molecule has 0 unspecified atom stereocenters. The van der Waals surface area contributed by atoms with Crippen LogP contribution in [0.2, 0.25) is 0 Å². The third kappa shape index (κ3) is 2.97. The van der Waals surface area contributed by atoms with Crippen LogP contribution in [-0.4, -0.2) is 16.2 Å². The Hall–Kier alpha value is -3.42. The van der Waals surface area contributed by atoms with Gasteiger partial charge in [0.25, 0.3) is 0 Å². The molecule has 4 nitrogen and oxygen atoms in total. The van der Waals surface area contributed by atoms with Gasteiger partial charge in [0.15, 0.2) is 5.78 Å². The first-order chi connectivity index (χ1) is 15.6. The van der Waals surface area contributed by atoms with E-state index in [0.717, 1.165) is 20.3 Å². The Bertz CT molecular complexity index is 1300. The zero-order valence-electron chi connectivity index (χ0n) is 17.0. The summed E-state index contributed by atoms with van der Waals surface area (Å²) in [5.74, 6) is -1.26. The van der Waals surface area contributed by atoms with Crippen LogP contribution < -0.4 is 0 Å². The van der Waals surface area contributed by atoms with Crippen molar-refractivity contribution >= 4 is 34.5 Å². The van der Waals surface area contributed by atoms with E-state index < -0.39 is 23.4 Å². The maximum Gasteiger partial charge on any atom is 0.222 e. The molecule has 5 heteroatoms. The molecule has 5 rings (SSSR count). The monoisotopic (exact) mass is 527 g/mol. The first kappa shape index (κ1) is 20.5. The van der Waals surface area contributed by atoms with E-state index in [1.807, 2.05) is 96.0 Å². The molecule has 0 bridgehead atoms. The number of halogens is 1. The van der Waals surface area contributed by atoms with Crippen molar-refractivity contribution in [1.82, 2.24) is 4.90 Å². The second-order valence-corrected chi connectivity index (χ2v) is 9.32. The molecule has 1 fully saturated rings. The van der Waals surface area contributed by atoms with Crippen LogP contribution in [0.4, 0.5) is 0 Å². The highest BCUT2D eigenvalue weighted by atomic mass is 127. The number of nitriles is 2. The summed E-state index contributed by atoms with van der Waals surface area (Å²) in [6, 6.07) is 29.1. The summed E-state index contributed by atoms with van der Waals surface area (Å²) in [6.45, 7) is 0. The molecule has 0 radical (unpaired) electrons. The molecule has 0 amide bonds. The summed E-state index contributed by atoms with van der Waals surface area (Å²) in [4.78, 5) is 15.8. The summed E-state index contributed by atoms with van der Waals surface area (Å²) in [5, 5.41) is 20.8. The summed E-state index contributed by atoms with van der Waals surface area (Å²) in [7, 11) is 0. The third-order valence-electron chi connectivity index (χ3n) is 6.50. The quantitative estimate of drug-likeness (QED) is 0.324. The van der Waals surface area contributed by atoms with E-state index in [4.69, 9.17) is 0 Å². The van der Waals surface area contributed by atoms with Gasteiger partial charge in [-0.1, -0.05) is 66.7 Å². The fourth-order valence-corrected chi connectivity index (χ4v) is 5.73. The van der Waals surface area contributed by atoms with Crippen molar-refractivity contribution in [2.45, 2.75) is 17.5 Å². The molecule has 3 aromatic rings. The van der Waals surface area contributed by atoms with E-state index in [1.54, 1.807) is 0 Å². The Balaban J connectivity index is 1.80. The van der Waals surface area contributed by atoms with Gasteiger partial charge in [0, 0.05) is 21.3 Å². The molecule has 1 saturated heterocycles. The Morgan fingerprint density at radius 1 is 0.938 bits per heavy atom. The lowest BCUT2D eigenvalue weighted by molar-refractivity contribution is 0.0884. The predicted octanol–water partition coefficient (Wildman–Crippen LogP) is 5.70. The first-order valence-corrected chi connectivity index (χ1v) is 11.4. The highest BCUT2D eigenvalue weighted by Crippen LogP contribution is 2.58. The van der Waals surface area contributed by atoms with Gasteiger partial charge in [-0.15, -0.1) is 0 Å². The minimum absolute atomic E-state index is 0.0538. The van der Waals surface area contributed by atoms with Crippen molar-refractivity contribution in [2.24, 2.45) is 5.92 Å². The topological polar surface area (TPSA) is 67.9 Å². The van der Waals surface area contributed by atoms with E-state index in [9.17, 15) is 15.3 Å². The van der Waals surface area contributed by atoms with Crippen LogP contribution in [0.15, 0.2) is 85.1 Å². The molecule has 2 heterocycles. The van der Waals surface area contributed by atoms with Gasteiger partial charge in [-0.05, 0) is 57.5 Å². The summed E-state index contributed by atoms with van der Waals surface area (Å²) in [5.41, 5.74) is 1.88. The second kappa shape index (κ2) is 7.93. The molecule has 0 N–H and O–H groups in total. The minimum Gasteiger partial charge on any atom is -0.340 e. The molecule has 2 aliphatic heterocycles. The van der Waals surface area contributed by atoms with Crippen LogP contribution in [0.5, 0.6) is 0 Å². The van der Waals surface area contributed by atoms with Gasteiger partial charge < -0.3 is 4.90 Å². The average molecular weight is 527 g/mol. The lowest BCUT2D eigenvalue weighted by Gasteiger charge is -2.35. The van der Waals surface area contributed by atoms with E-state index in [1.165, 1.54) is 0 Å². The Labute approximate surface area is 200 Å². The number of benzene rings is 3. The van der Waals surface area contributed by atoms with Gasteiger partial charge in [-0.25, -0.2) is 0 Å². The number of nitrogens with zero attached hydrogens (tertiary/aromatic N) is 3. The van der Waals surface area contributed by atoms with E-state index in [-0.39, 0.29) is 5.78 Å². The number of ketones is 1. The zero-order chi connectivity index (χ0) is 22.3. The number of carbonyl (C=O) groups excluding carboxylic acids is 1. The molecule has 3 aromatic carbocycles. The first-order valence-electron chi connectivity index (χ1n) is 10.3. The molecule has 154 valence electrons. The Morgan fingerprint density at radius 2 is 1.66 bits per heavy atom. The van der Waals surface area contributed by atoms with Crippen LogP contribution in [0.3, 0.4) is 0 Å². The molecule has 0 aromatic heterocycles. The number of carbonyl (C=O) groups is 1. The molecule has 3 atom stereocenters. The fraction of sp³-hybridized carbons (Fsp3) is 0.148. The van der Waals surface area contributed by atoms with Gasteiger partial charge in [0.05, 0.1) is 12.0 Å².